The van der Waals surface area contributed by atoms with Gasteiger partial charge in [0.1, 0.15) is 18.2 Å². The van der Waals surface area contributed by atoms with Gasteiger partial charge in [-0.25, -0.2) is 15.0 Å². The van der Waals surface area contributed by atoms with Crippen LogP contribution in [0.15, 0.2) is 25.3 Å². The van der Waals surface area contributed by atoms with E-state index >= 15 is 0 Å². The third-order valence-corrected chi connectivity index (χ3v) is 5.04. The van der Waals surface area contributed by atoms with Gasteiger partial charge >= 0.3 is 7.60 Å². The highest BCUT2D eigenvalue weighted by Crippen LogP contribution is 2.42. The van der Waals surface area contributed by atoms with Gasteiger partial charge in [-0.2, -0.15) is 0 Å². The summed E-state index contributed by atoms with van der Waals surface area (Å²) in [6.45, 7) is 5.33. The fourth-order valence-corrected chi connectivity index (χ4v) is 3.42. The zero-order chi connectivity index (χ0) is 19.2. The maximum Gasteiger partial charge on any atom is 0.353 e. The Balaban J connectivity index is 1.90. The fraction of sp³-hybridized carbons (Fsp3) is 0.429. The molecule has 0 saturated carbocycles. The molecular formula is C14H20N5O5PS. The molecule has 0 aliphatic heterocycles. The van der Waals surface area contributed by atoms with E-state index in [4.69, 9.17) is 15.0 Å². The Morgan fingerprint density at radius 1 is 1.54 bits per heavy atom. The zero-order valence-corrected chi connectivity index (χ0v) is 15.9. The van der Waals surface area contributed by atoms with Gasteiger partial charge in [-0.1, -0.05) is 17.8 Å². The summed E-state index contributed by atoms with van der Waals surface area (Å²) in [6, 6.07) is 0. The summed E-state index contributed by atoms with van der Waals surface area (Å²) < 4.78 is 24.0. The van der Waals surface area contributed by atoms with Crippen molar-refractivity contribution in [3.63, 3.8) is 0 Å². The van der Waals surface area contributed by atoms with E-state index in [0.29, 0.717) is 16.9 Å². The van der Waals surface area contributed by atoms with E-state index < -0.39 is 20.0 Å². The number of rotatable bonds is 10. The topological polar surface area (TPSA) is 142 Å². The summed E-state index contributed by atoms with van der Waals surface area (Å²) in [5.74, 6) is 0.564. The van der Waals surface area contributed by atoms with Gasteiger partial charge in [-0.15, -0.1) is 6.58 Å². The first-order valence-electron chi connectivity index (χ1n) is 7.57. The van der Waals surface area contributed by atoms with E-state index in [9.17, 15) is 14.3 Å². The SMILES string of the molecule is C=C[C@H](Cn1cnc2c(N)ncnc21)OCP(=O)(O)OCCSC(C)=O. The first-order chi connectivity index (χ1) is 12.3. The Morgan fingerprint density at radius 2 is 2.31 bits per heavy atom. The second kappa shape index (κ2) is 9.24. The maximum atomic E-state index is 12.0. The van der Waals surface area contributed by atoms with Crippen LogP contribution in [0.4, 0.5) is 5.82 Å². The molecule has 2 heterocycles. The Hall–Kier alpha value is -1.78. The molecule has 0 aromatic carbocycles. The van der Waals surface area contributed by atoms with Crippen LogP contribution in [0.25, 0.3) is 11.2 Å². The second-order valence-electron chi connectivity index (χ2n) is 5.21. The first kappa shape index (κ1) is 20.5. The number of nitrogens with two attached hydrogens (primary N) is 1. The van der Waals surface area contributed by atoms with Crippen molar-refractivity contribution in [1.29, 1.82) is 0 Å². The standard InChI is InChI=1S/C14H20N5O5PS/c1-3-11(23-9-25(21,22)24-4-5-26-10(2)20)6-19-8-18-12-13(15)16-7-17-14(12)19/h3,7-8,11H,1,4-6,9H2,2H3,(H,21,22)(H2,15,16,17)/t11-/m1/s1. The highest BCUT2D eigenvalue weighted by molar-refractivity contribution is 8.13. The minimum atomic E-state index is -3.93. The number of carbonyl (C=O) groups excluding carboxylic acids is 1. The molecule has 2 atom stereocenters. The van der Waals surface area contributed by atoms with Crippen LogP contribution < -0.4 is 5.73 Å². The molecular weight excluding hydrogens is 381 g/mol. The number of ether oxygens (including phenoxy) is 1. The lowest BCUT2D eigenvalue weighted by Gasteiger charge is -2.17. The Bertz CT molecular complexity index is 829. The molecule has 1 unspecified atom stereocenters. The molecule has 2 aromatic heterocycles. The van der Waals surface area contributed by atoms with Gasteiger partial charge in [0.05, 0.1) is 25.6 Å². The normalized spacial score (nSPS) is 14.8. The van der Waals surface area contributed by atoms with Crippen LogP contribution in [-0.2, 0) is 25.2 Å². The van der Waals surface area contributed by atoms with Gasteiger partial charge in [0, 0.05) is 12.7 Å². The van der Waals surface area contributed by atoms with Gasteiger partial charge in [-0.3, -0.25) is 9.36 Å². The number of imidazole rings is 1. The average Bonchev–Trinajstić information content (AvgIpc) is 3.00. The zero-order valence-electron chi connectivity index (χ0n) is 14.1. The molecule has 0 bridgehead atoms. The van der Waals surface area contributed by atoms with E-state index in [1.54, 1.807) is 4.57 Å². The van der Waals surface area contributed by atoms with Crippen LogP contribution in [-0.4, -0.2) is 54.3 Å². The van der Waals surface area contributed by atoms with Gasteiger partial charge in [0.15, 0.2) is 16.6 Å². The molecule has 0 saturated heterocycles. The number of carbonyl (C=O) groups is 1. The van der Waals surface area contributed by atoms with Crippen molar-refractivity contribution in [2.75, 3.05) is 24.4 Å². The van der Waals surface area contributed by atoms with Gasteiger partial charge in [0.25, 0.3) is 0 Å². The van der Waals surface area contributed by atoms with Crippen LogP contribution in [0.1, 0.15) is 6.92 Å². The summed E-state index contributed by atoms with van der Waals surface area (Å²) in [7, 11) is -3.93. The summed E-state index contributed by atoms with van der Waals surface area (Å²) in [4.78, 5) is 32.7. The molecule has 0 spiro atoms. The smallest absolute Gasteiger partial charge is 0.353 e. The minimum Gasteiger partial charge on any atom is -0.382 e. The lowest BCUT2D eigenvalue weighted by Crippen LogP contribution is -2.19. The number of fused-ring (bicyclic) bond motifs is 1. The van der Waals surface area contributed by atoms with Crippen LogP contribution in [0, 0.1) is 0 Å². The third-order valence-electron chi connectivity index (χ3n) is 3.20. The molecule has 0 fully saturated rings. The summed E-state index contributed by atoms with van der Waals surface area (Å²) in [5.41, 5.74) is 6.73. The van der Waals surface area contributed by atoms with Crippen molar-refractivity contribution in [1.82, 2.24) is 19.5 Å². The van der Waals surface area contributed by atoms with Crippen molar-refractivity contribution in [3.8, 4) is 0 Å². The quantitative estimate of drug-likeness (QED) is 0.341. The van der Waals surface area contributed by atoms with E-state index in [-0.39, 0.29) is 24.1 Å². The number of thioether (sulfide) groups is 1. The molecule has 0 amide bonds. The van der Waals surface area contributed by atoms with Crippen molar-refractivity contribution >= 4 is 41.5 Å². The van der Waals surface area contributed by atoms with Gasteiger partial charge in [-0.05, 0) is 0 Å². The lowest BCUT2D eigenvalue weighted by molar-refractivity contribution is -0.109. The number of anilines is 1. The Kier molecular flexibility index (Phi) is 7.30. The lowest BCUT2D eigenvalue weighted by atomic mass is 10.3. The largest absolute Gasteiger partial charge is 0.382 e. The van der Waals surface area contributed by atoms with Crippen molar-refractivity contribution in [2.24, 2.45) is 0 Å². The molecule has 26 heavy (non-hydrogen) atoms. The average molecular weight is 401 g/mol. The van der Waals surface area contributed by atoms with Gasteiger partial charge in [0.2, 0.25) is 0 Å². The van der Waals surface area contributed by atoms with Crippen molar-refractivity contribution in [2.45, 2.75) is 19.6 Å². The Morgan fingerprint density at radius 3 is 3.00 bits per heavy atom. The number of hydrogen-bond donors (Lipinski definition) is 2. The molecule has 2 aromatic rings. The molecule has 2 rings (SSSR count). The van der Waals surface area contributed by atoms with Crippen LogP contribution in [0.5, 0.6) is 0 Å². The summed E-state index contributed by atoms with van der Waals surface area (Å²) >= 11 is 1.02. The number of hydrogen-bond acceptors (Lipinski definition) is 9. The van der Waals surface area contributed by atoms with Gasteiger partial charge < -0.3 is 24.5 Å². The Labute approximate surface area is 154 Å². The summed E-state index contributed by atoms with van der Waals surface area (Å²) in [5, 5.41) is -0.0821. The van der Waals surface area contributed by atoms with E-state index in [1.165, 1.54) is 25.7 Å². The third kappa shape index (κ3) is 5.89. The van der Waals surface area contributed by atoms with Crippen LogP contribution in [0.2, 0.25) is 0 Å². The van der Waals surface area contributed by atoms with Crippen molar-refractivity contribution in [3.05, 3.63) is 25.3 Å². The van der Waals surface area contributed by atoms with Crippen LogP contribution >= 0.6 is 19.4 Å². The molecule has 10 nitrogen and oxygen atoms in total. The first-order valence-corrected chi connectivity index (χ1v) is 10.3. The second-order valence-corrected chi connectivity index (χ2v) is 8.27. The molecule has 12 heteroatoms. The maximum absolute atomic E-state index is 12.0. The number of nitrogens with zero attached hydrogens (tertiary/aromatic N) is 4. The van der Waals surface area contributed by atoms with E-state index in [0.717, 1.165) is 11.8 Å². The fourth-order valence-electron chi connectivity index (χ4n) is 2.01. The minimum absolute atomic E-state index is 0.0253. The molecule has 0 radical (unpaired) electrons. The molecule has 0 aliphatic carbocycles. The molecule has 3 N–H and O–H groups in total. The summed E-state index contributed by atoms with van der Waals surface area (Å²) in [6.07, 6.45) is 3.29. The predicted molar refractivity (Wildman–Crippen MR) is 98.6 cm³/mol. The predicted octanol–water partition coefficient (Wildman–Crippen LogP) is 1.42. The number of nitrogen functional groups attached to an aromatic ring is 1. The van der Waals surface area contributed by atoms with E-state index in [1.807, 2.05) is 0 Å². The van der Waals surface area contributed by atoms with E-state index in [2.05, 4.69) is 21.5 Å². The highest BCUT2D eigenvalue weighted by atomic mass is 32.2. The van der Waals surface area contributed by atoms with Crippen molar-refractivity contribution < 1.29 is 23.5 Å². The number of aromatic nitrogens is 4. The highest BCUT2D eigenvalue weighted by Gasteiger charge is 2.22. The molecule has 142 valence electrons. The molecule has 0 aliphatic rings. The van der Waals surface area contributed by atoms with Crippen LogP contribution in [0.3, 0.4) is 0 Å². The monoisotopic (exact) mass is 401 g/mol.